The Morgan fingerprint density at radius 3 is 2.09 bits per heavy atom. The van der Waals surface area contributed by atoms with E-state index in [2.05, 4.69) is 6.92 Å². The number of benzene rings is 2. The first-order valence-corrected chi connectivity index (χ1v) is 7.20. The highest BCUT2D eigenvalue weighted by Crippen LogP contribution is 2.23. The average Bonchev–Trinajstić information content (AvgIpc) is 2.59. The minimum absolute atomic E-state index is 0.0237. The van der Waals surface area contributed by atoms with Gasteiger partial charge in [-0.25, -0.2) is 0 Å². The highest BCUT2D eigenvalue weighted by atomic mass is 16.5. The number of allylic oxidation sites excluding steroid dienone is 1. The smallest absolute Gasteiger partial charge is 0.185 e. The predicted molar refractivity (Wildman–Crippen MR) is 88.7 cm³/mol. The summed E-state index contributed by atoms with van der Waals surface area (Å²) in [5.41, 5.74) is 2.76. The van der Waals surface area contributed by atoms with Crippen LogP contribution in [-0.2, 0) is 6.42 Å². The van der Waals surface area contributed by atoms with Gasteiger partial charge in [0.2, 0.25) is 0 Å². The number of aryl methyl sites for hydroxylation is 1. The molecule has 0 aliphatic heterocycles. The fourth-order valence-electron chi connectivity index (χ4n) is 2.10. The van der Waals surface area contributed by atoms with E-state index in [0.29, 0.717) is 17.1 Å². The van der Waals surface area contributed by atoms with E-state index in [1.807, 2.05) is 36.4 Å². The van der Waals surface area contributed by atoms with Crippen molar-refractivity contribution in [3.63, 3.8) is 0 Å². The molecule has 0 atom stereocenters. The summed E-state index contributed by atoms with van der Waals surface area (Å²) in [6.45, 7) is 2.09. The van der Waals surface area contributed by atoms with Gasteiger partial charge in [-0.15, -0.1) is 0 Å². The minimum atomic E-state index is -0.0237. The summed E-state index contributed by atoms with van der Waals surface area (Å²) in [4.78, 5) is 12.2. The van der Waals surface area contributed by atoms with Crippen molar-refractivity contribution in [1.82, 2.24) is 0 Å². The van der Waals surface area contributed by atoms with Gasteiger partial charge in [0.15, 0.2) is 5.78 Å². The molecule has 0 amide bonds. The maximum absolute atomic E-state index is 12.2. The van der Waals surface area contributed by atoms with Crippen LogP contribution in [-0.4, -0.2) is 20.0 Å². The fourth-order valence-corrected chi connectivity index (χ4v) is 2.10. The van der Waals surface area contributed by atoms with Crippen molar-refractivity contribution >= 4 is 11.9 Å². The van der Waals surface area contributed by atoms with E-state index >= 15 is 0 Å². The standard InChI is InChI=1S/C19H20O3/c1-4-14-5-8-16(9-6-14)19(20)10-7-15-11-17(21-2)13-18(12-15)22-3/h5-13H,4H2,1-3H3/b10-7+. The third-order valence-electron chi connectivity index (χ3n) is 3.45. The third kappa shape index (κ3) is 3.98. The van der Waals surface area contributed by atoms with Crippen LogP contribution in [0.2, 0.25) is 0 Å². The highest BCUT2D eigenvalue weighted by molar-refractivity contribution is 6.06. The normalized spacial score (nSPS) is 10.7. The van der Waals surface area contributed by atoms with Crippen LogP contribution < -0.4 is 9.47 Å². The van der Waals surface area contributed by atoms with E-state index in [1.165, 1.54) is 5.56 Å². The van der Waals surface area contributed by atoms with E-state index < -0.39 is 0 Å². The molecule has 0 aliphatic carbocycles. The molecule has 114 valence electrons. The van der Waals surface area contributed by atoms with Crippen LogP contribution in [0.5, 0.6) is 11.5 Å². The second-order valence-electron chi connectivity index (χ2n) is 4.89. The number of ether oxygens (including phenoxy) is 2. The minimum Gasteiger partial charge on any atom is -0.497 e. The first kappa shape index (κ1) is 15.8. The molecule has 0 saturated heterocycles. The molecule has 2 aromatic carbocycles. The molecule has 0 spiro atoms. The summed E-state index contributed by atoms with van der Waals surface area (Å²) in [6, 6.07) is 13.2. The van der Waals surface area contributed by atoms with Crippen molar-refractivity contribution in [2.75, 3.05) is 14.2 Å². The largest absolute Gasteiger partial charge is 0.497 e. The van der Waals surface area contributed by atoms with Crippen molar-refractivity contribution < 1.29 is 14.3 Å². The Labute approximate surface area is 131 Å². The number of hydrogen-bond donors (Lipinski definition) is 0. The molecule has 0 aliphatic rings. The molecular formula is C19H20O3. The zero-order valence-electron chi connectivity index (χ0n) is 13.1. The predicted octanol–water partition coefficient (Wildman–Crippen LogP) is 4.16. The van der Waals surface area contributed by atoms with Gasteiger partial charge in [-0.2, -0.15) is 0 Å². The van der Waals surface area contributed by atoms with Gasteiger partial charge >= 0.3 is 0 Å². The Bertz CT molecular complexity index is 647. The number of ketones is 1. The summed E-state index contributed by atoms with van der Waals surface area (Å²) < 4.78 is 10.4. The van der Waals surface area contributed by atoms with Gasteiger partial charge in [-0.05, 0) is 35.8 Å². The maximum atomic E-state index is 12.2. The van der Waals surface area contributed by atoms with Crippen LogP contribution in [0, 0.1) is 0 Å². The monoisotopic (exact) mass is 296 g/mol. The van der Waals surface area contributed by atoms with Crippen molar-refractivity contribution in [1.29, 1.82) is 0 Å². The number of carbonyl (C=O) groups is 1. The highest BCUT2D eigenvalue weighted by Gasteiger charge is 2.03. The molecule has 2 rings (SSSR count). The van der Waals surface area contributed by atoms with Crippen molar-refractivity contribution in [3.05, 3.63) is 65.2 Å². The summed E-state index contributed by atoms with van der Waals surface area (Å²) in [5, 5.41) is 0. The molecule has 0 fully saturated rings. The van der Waals surface area contributed by atoms with Gasteiger partial charge in [-0.3, -0.25) is 4.79 Å². The Morgan fingerprint density at radius 1 is 1.00 bits per heavy atom. The van der Waals surface area contributed by atoms with E-state index in [1.54, 1.807) is 32.4 Å². The molecule has 0 radical (unpaired) electrons. The van der Waals surface area contributed by atoms with E-state index in [9.17, 15) is 4.79 Å². The van der Waals surface area contributed by atoms with Gasteiger partial charge in [0.05, 0.1) is 14.2 Å². The van der Waals surface area contributed by atoms with Gasteiger partial charge in [0.25, 0.3) is 0 Å². The third-order valence-corrected chi connectivity index (χ3v) is 3.45. The van der Waals surface area contributed by atoms with Gasteiger partial charge in [0.1, 0.15) is 11.5 Å². The molecule has 0 saturated carbocycles. The van der Waals surface area contributed by atoms with Gasteiger partial charge < -0.3 is 9.47 Å². The van der Waals surface area contributed by atoms with Crippen LogP contribution in [0.15, 0.2) is 48.5 Å². The van der Waals surface area contributed by atoms with Gasteiger partial charge in [-0.1, -0.05) is 37.3 Å². The topological polar surface area (TPSA) is 35.5 Å². The lowest BCUT2D eigenvalue weighted by atomic mass is 10.1. The van der Waals surface area contributed by atoms with E-state index in [0.717, 1.165) is 12.0 Å². The summed E-state index contributed by atoms with van der Waals surface area (Å²) in [5.74, 6) is 1.36. The van der Waals surface area contributed by atoms with Crippen LogP contribution in [0.25, 0.3) is 6.08 Å². The first-order valence-electron chi connectivity index (χ1n) is 7.20. The van der Waals surface area contributed by atoms with E-state index in [4.69, 9.17) is 9.47 Å². The summed E-state index contributed by atoms with van der Waals surface area (Å²) >= 11 is 0. The Balaban J connectivity index is 2.17. The number of methoxy groups -OCH3 is 2. The number of rotatable bonds is 6. The lowest BCUT2D eigenvalue weighted by Crippen LogP contribution is -1.94. The summed E-state index contributed by atoms with van der Waals surface area (Å²) in [7, 11) is 3.20. The lowest BCUT2D eigenvalue weighted by Gasteiger charge is -2.05. The zero-order valence-corrected chi connectivity index (χ0v) is 13.1. The van der Waals surface area contributed by atoms with Gasteiger partial charge in [0, 0.05) is 11.6 Å². The van der Waals surface area contributed by atoms with Crippen molar-refractivity contribution in [2.45, 2.75) is 13.3 Å². The molecule has 0 N–H and O–H groups in total. The molecule has 3 nitrogen and oxygen atoms in total. The second-order valence-corrected chi connectivity index (χ2v) is 4.89. The molecular weight excluding hydrogens is 276 g/mol. The second kappa shape index (κ2) is 7.46. The molecule has 0 unspecified atom stereocenters. The quantitative estimate of drug-likeness (QED) is 0.593. The van der Waals surface area contributed by atoms with Crippen LogP contribution in [0.1, 0.15) is 28.4 Å². The Kier molecular flexibility index (Phi) is 5.37. The Morgan fingerprint density at radius 2 is 1.59 bits per heavy atom. The molecule has 3 heteroatoms. The van der Waals surface area contributed by atoms with Crippen LogP contribution in [0.3, 0.4) is 0 Å². The summed E-state index contributed by atoms with van der Waals surface area (Å²) in [6.07, 6.45) is 4.30. The maximum Gasteiger partial charge on any atom is 0.185 e. The van der Waals surface area contributed by atoms with Crippen molar-refractivity contribution in [2.24, 2.45) is 0 Å². The average molecular weight is 296 g/mol. The lowest BCUT2D eigenvalue weighted by molar-refractivity contribution is 0.104. The molecule has 0 bridgehead atoms. The molecule has 22 heavy (non-hydrogen) atoms. The van der Waals surface area contributed by atoms with Crippen LogP contribution >= 0.6 is 0 Å². The first-order chi connectivity index (χ1) is 10.7. The SMILES string of the molecule is CCc1ccc(C(=O)/C=C/c2cc(OC)cc(OC)c2)cc1. The molecule has 0 aromatic heterocycles. The van der Waals surface area contributed by atoms with Crippen LogP contribution in [0.4, 0.5) is 0 Å². The van der Waals surface area contributed by atoms with Crippen molar-refractivity contribution in [3.8, 4) is 11.5 Å². The Hall–Kier alpha value is -2.55. The number of carbonyl (C=O) groups excluding carboxylic acids is 1. The zero-order chi connectivity index (χ0) is 15.9. The molecule has 0 heterocycles. The molecule has 2 aromatic rings. The van der Waals surface area contributed by atoms with E-state index in [-0.39, 0.29) is 5.78 Å². The fraction of sp³-hybridized carbons (Fsp3) is 0.211. The number of hydrogen-bond acceptors (Lipinski definition) is 3.